The van der Waals surface area contributed by atoms with E-state index < -0.39 is 6.10 Å². The summed E-state index contributed by atoms with van der Waals surface area (Å²) in [7, 11) is 0. The van der Waals surface area contributed by atoms with Gasteiger partial charge in [-0.15, -0.1) is 0 Å². The van der Waals surface area contributed by atoms with Crippen LogP contribution in [0.4, 0.5) is 0 Å². The average Bonchev–Trinajstić information content (AvgIpc) is 2.24. The van der Waals surface area contributed by atoms with Crippen molar-refractivity contribution in [2.75, 3.05) is 5.75 Å². The molecule has 0 spiro atoms. The highest BCUT2D eigenvalue weighted by molar-refractivity contribution is 8.00. The Balaban J connectivity index is 2.65. The zero-order valence-electron chi connectivity index (χ0n) is 11.9. The Bertz CT molecular complexity index is 369. The first-order valence-corrected chi connectivity index (χ1v) is 7.35. The van der Waals surface area contributed by atoms with Crippen LogP contribution in [0.15, 0.2) is 24.3 Å². The molecule has 0 amide bonds. The summed E-state index contributed by atoms with van der Waals surface area (Å²) < 4.78 is 5.81. The van der Waals surface area contributed by atoms with Gasteiger partial charge in [-0.05, 0) is 31.5 Å². The molecule has 0 aromatic heterocycles. The highest BCUT2D eigenvalue weighted by Gasteiger charge is 2.15. The van der Waals surface area contributed by atoms with E-state index in [4.69, 9.17) is 4.74 Å². The Morgan fingerprint density at radius 3 is 2.50 bits per heavy atom. The van der Waals surface area contributed by atoms with Crippen molar-refractivity contribution in [3.63, 3.8) is 0 Å². The lowest BCUT2D eigenvalue weighted by molar-refractivity contribution is 0.201. The van der Waals surface area contributed by atoms with Crippen LogP contribution in [0, 0.1) is 0 Å². The molecule has 0 saturated heterocycles. The van der Waals surface area contributed by atoms with Crippen molar-refractivity contribution in [2.45, 2.75) is 51.6 Å². The molecule has 0 radical (unpaired) electrons. The van der Waals surface area contributed by atoms with Gasteiger partial charge >= 0.3 is 0 Å². The molecule has 0 aliphatic carbocycles. The second-order valence-corrected chi connectivity index (χ2v) is 7.53. The lowest BCUT2D eigenvalue weighted by Gasteiger charge is -2.20. The number of thioether (sulfide) groups is 1. The maximum absolute atomic E-state index is 10.2. The summed E-state index contributed by atoms with van der Waals surface area (Å²) >= 11 is 1.77. The highest BCUT2D eigenvalue weighted by Crippen LogP contribution is 2.29. The summed E-state index contributed by atoms with van der Waals surface area (Å²) in [6.07, 6.45) is -0.286. The predicted molar refractivity (Wildman–Crippen MR) is 79.4 cm³/mol. The molecule has 2 nitrogen and oxygen atoms in total. The molecule has 1 N–H and O–H groups in total. The fourth-order valence-electron chi connectivity index (χ4n) is 1.49. The van der Waals surface area contributed by atoms with Gasteiger partial charge in [0, 0.05) is 10.5 Å². The summed E-state index contributed by atoms with van der Waals surface area (Å²) in [5.41, 5.74) is 0.921. The third-order valence-corrected chi connectivity index (χ3v) is 3.64. The van der Waals surface area contributed by atoms with Crippen molar-refractivity contribution >= 4 is 11.8 Å². The van der Waals surface area contributed by atoms with Gasteiger partial charge in [0.05, 0.1) is 12.2 Å². The fourth-order valence-corrected chi connectivity index (χ4v) is 2.34. The summed E-state index contributed by atoms with van der Waals surface area (Å²) in [6.45, 7) is 10.5. The van der Waals surface area contributed by atoms with Gasteiger partial charge in [0.2, 0.25) is 0 Å². The van der Waals surface area contributed by atoms with Gasteiger partial charge in [0.25, 0.3) is 0 Å². The molecule has 0 heterocycles. The second kappa shape index (κ2) is 6.48. The Kier molecular flexibility index (Phi) is 5.54. The van der Waals surface area contributed by atoms with Gasteiger partial charge < -0.3 is 9.84 Å². The SMILES string of the molecule is CC(C)Oc1cccc(C(O)CSC(C)(C)C)c1. The first-order valence-electron chi connectivity index (χ1n) is 6.36. The molecule has 1 rings (SSSR count). The lowest BCUT2D eigenvalue weighted by atomic mass is 10.1. The monoisotopic (exact) mass is 268 g/mol. The molecule has 3 heteroatoms. The van der Waals surface area contributed by atoms with Crippen molar-refractivity contribution in [3.05, 3.63) is 29.8 Å². The van der Waals surface area contributed by atoms with E-state index in [1.165, 1.54) is 0 Å². The number of ether oxygens (including phenoxy) is 1. The summed E-state index contributed by atoms with van der Waals surface area (Å²) in [6, 6.07) is 7.72. The number of benzene rings is 1. The molecule has 0 bridgehead atoms. The molecule has 0 fully saturated rings. The normalized spacial score (nSPS) is 13.7. The summed E-state index contributed by atoms with van der Waals surface area (Å²) in [4.78, 5) is 0. The van der Waals surface area contributed by atoms with Crippen LogP contribution in [0.3, 0.4) is 0 Å². The van der Waals surface area contributed by atoms with Crippen molar-refractivity contribution in [2.24, 2.45) is 0 Å². The zero-order valence-corrected chi connectivity index (χ0v) is 12.8. The Labute approximate surface area is 115 Å². The maximum Gasteiger partial charge on any atom is 0.120 e. The molecular weight excluding hydrogens is 244 g/mol. The first-order chi connectivity index (χ1) is 8.28. The number of hydrogen-bond donors (Lipinski definition) is 1. The van der Waals surface area contributed by atoms with E-state index >= 15 is 0 Å². The van der Waals surface area contributed by atoms with Crippen LogP contribution < -0.4 is 4.74 Å². The Morgan fingerprint density at radius 2 is 1.94 bits per heavy atom. The van der Waals surface area contributed by atoms with Gasteiger partial charge in [-0.3, -0.25) is 0 Å². The van der Waals surface area contributed by atoms with Crippen LogP contribution in [-0.4, -0.2) is 21.7 Å². The molecule has 18 heavy (non-hydrogen) atoms. The largest absolute Gasteiger partial charge is 0.491 e. The van der Waals surface area contributed by atoms with E-state index in [0.717, 1.165) is 11.3 Å². The van der Waals surface area contributed by atoms with Gasteiger partial charge in [-0.1, -0.05) is 32.9 Å². The quantitative estimate of drug-likeness (QED) is 0.874. The van der Waals surface area contributed by atoms with Gasteiger partial charge in [-0.25, -0.2) is 0 Å². The minimum absolute atomic E-state index is 0.154. The molecule has 1 aromatic carbocycles. The molecule has 1 atom stereocenters. The van der Waals surface area contributed by atoms with Crippen LogP contribution in [0.5, 0.6) is 5.75 Å². The number of hydrogen-bond acceptors (Lipinski definition) is 3. The molecule has 0 saturated carbocycles. The summed E-state index contributed by atoms with van der Waals surface area (Å²) in [5.74, 6) is 1.52. The molecule has 102 valence electrons. The fraction of sp³-hybridized carbons (Fsp3) is 0.600. The van der Waals surface area contributed by atoms with E-state index in [-0.39, 0.29) is 10.9 Å². The molecule has 0 aliphatic rings. The van der Waals surface area contributed by atoms with E-state index in [9.17, 15) is 5.11 Å². The van der Waals surface area contributed by atoms with E-state index in [0.29, 0.717) is 5.75 Å². The zero-order chi connectivity index (χ0) is 13.8. The van der Waals surface area contributed by atoms with Crippen molar-refractivity contribution in [3.8, 4) is 5.75 Å². The van der Waals surface area contributed by atoms with Gasteiger partial charge in [0.15, 0.2) is 0 Å². The average molecular weight is 268 g/mol. The highest BCUT2D eigenvalue weighted by atomic mass is 32.2. The minimum Gasteiger partial charge on any atom is -0.491 e. The van der Waals surface area contributed by atoms with Crippen LogP contribution in [0.1, 0.15) is 46.3 Å². The molecule has 1 unspecified atom stereocenters. The maximum atomic E-state index is 10.2. The Hall–Kier alpha value is -0.670. The van der Waals surface area contributed by atoms with Gasteiger partial charge in [0.1, 0.15) is 5.75 Å². The van der Waals surface area contributed by atoms with Crippen LogP contribution in [0.2, 0.25) is 0 Å². The smallest absolute Gasteiger partial charge is 0.120 e. The number of rotatable bonds is 5. The topological polar surface area (TPSA) is 29.5 Å². The predicted octanol–water partition coefficient (Wildman–Crippen LogP) is 4.04. The first kappa shape index (κ1) is 15.4. The van der Waals surface area contributed by atoms with Gasteiger partial charge in [-0.2, -0.15) is 11.8 Å². The van der Waals surface area contributed by atoms with Crippen LogP contribution >= 0.6 is 11.8 Å². The molecule has 0 aliphatic heterocycles. The van der Waals surface area contributed by atoms with Crippen molar-refractivity contribution in [1.82, 2.24) is 0 Å². The Morgan fingerprint density at radius 1 is 1.28 bits per heavy atom. The summed E-state index contributed by atoms with van der Waals surface area (Å²) in [5, 5.41) is 10.2. The van der Waals surface area contributed by atoms with Crippen LogP contribution in [0.25, 0.3) is 0 Å². The number of aliphatic hydroxyl groups is 1. The third kappa shape index (κ3) is 5.78. The third-order valence-electron chi connectivity index (χ3n) is 2.29. The lowest BCUT2D eigenvalue weighted by Crippen LogP contribution is -2.12. The van der Waals surface area contributed by atoms with E-state index in [1.807, 2.05) is 38.1 Å². The number of aliphatic hydroxyl groups excluding tert-OH is 1. The van der Waals surface area contributed by atoms with E-state index in [1.54, 1.807) is 11.8 Å². The van der Waals surface area contributed by atoms with Crippen LogP contribution in [-0.2, 0) is 0 Å². The minimum atomic E-state index is -0.440. The van der Waals surface area contributed by atoms with Crippen molar-refractivity contribution in [1.29, 1.82) is 0 Å². The van der Waals surface area contributed by atoms with Crippen molar-refractivity contribution < 1.29 is 9.84 Å². The second-order valence-electron chi connectivity index (χ2n) is 5.68. The van der Waals surface area contributed by atoms with E-state index in [2.05, 4.69) is 20.8 Å². The molecule has 1 aromatic rings. The molecular formula is C15H24O2S. The standard InChI is InChI=1S/C15H24O2S/c1-11(2)17-13-8-6-7-12(9-13)14(16)10-18-15(3,4)5/h6-9,11,14,16H,10H2,1-5H3.